The van der Waals surface area contributed by atoms with Crippen molar-refractivity contribution in [2.75, 3.05) is 6.61 Å². The van der Waals surface area contributed by atoms with Gasteiger partial charge in [0.05, 0.1) is 12.9 Å². The number of halogens is 3. The normalized spacial score (nSPS) is 11.6. The molecular formula is C11H9ClF2N2O3S. The summed E-state index contributed by atoms with van der Waals surface area (Å²) in [6, 6.07) is 1.87. The maximum absolute atomic E-state index is 13.6. The van der Waals surface area contributed by atoms with E-state index in [0.717, 1.165) is 12.1 Å². The number of imidazole rings is 1. The summed E-state index contributed by atoms with van der Waals surface area (Å²) < 4.78 is 55.9. The zero-order chi connectivity index (χ0) is 14.8. The lowest BCUT2D eigenvalue weighted by atomic mass is 10.3. The molecule has 0 N–H and O–H groups in total. The van der Waals surface area contributed by atoms with Crippen molar-refractivity contribution >= 4 is 19.7 Å². The number of nitrogens with zero attached hydrogens (tertiary/aromatic N) is 2. The van der Waals surface area contributed by atoms with Crippen LogP contribution in [0.3, 0.4) is 0 Å². The predicted octanol–water partition coefficient (Wildman–Crippen LogP) is 2.17. The van der Waals surface area contributed by atoms with Crippen LogP contribution in [0.15, 0.2) is 35.7 Å². The first-order valence-electron chi connectivity index (χ1n) is 5.41. The van der Waals surface area contributed by atoms with E-state index < -0.39 is 25.6 Å². The number of rotatable bonds is 5. The van der Waals surface area contributed by atoms with Gasteiger partial charge >= 0.3 is 0 Å². The SMILES string of the molecule is O=S(=O)(Cl)c1ccc(OCCn2ccnc2)c(F)c1F. The van der Waals surface area contributed by atoms with Crippen molar-refractivity contribution in [3.05, 3.63) is 42.5 Å². The minimum atomic E-state index is -4.34. The van der Waals surface area contributed by atoms with E-state index in [9.17, 15) is 17.2 Å². The highest BCUT2D eigenvalue weighted by Gasteiger charge is 2.22. The second-order valence-electron chi connectivity index (χ2n) is 3.78. The van der Waals surface area contributed by atoms with Crippen molar-refractivity contribution in [1.29, 1.82) is 0 Å². The van der Waals surface area contributed by atoms with Gasteiger partial charge in [0.15, 0.2) is 11.6 Å². The molecule has 9 heteroatoms. The van der Waals surface area contributed by atoms with Gasteiger partial charge in [-0.3, -0.25) is 0 Å². The highest BCUT2D eigenvalue weighted by Crippen LogP contribution is 2.27. The third kappa shape index (κ3) is 3.26. The minimum Gasteiger partial charge on any atom is -0.489 e. The molecule has 5 nitrogen and oxygen atoms in total. The smallest absolute Gasteiger partial charge is 0.264 e. The van der Waals surface area contributed by atoms with E-state index in [1.807, 2.05) is 0 Å². The zero-order valence-corrected chi connectivity index (χ0v) is 11.5. The van der Waals surface area contributed by atoms with Gasteiger partial charge in [0.1, 0.15) is 11.5 Å². The number of ether oxygens (including phenoxy) is 1. The molecule has 0 unspecified atom stereocenters. The largest absolute Gasteiger partial charge is 0.489 e. The molecule has 1 heterocycles. The van der Waals surface area contributed by atoms with Gasteiger partial charge < -0.3 is 9.30 Å². The molecule has 0 saturated heterocycles. The van der Waals surface area contributed by atoms with E-state index in [0.29, 0.717) is 6.54 Å². The lowest BCUT2D eigenvalue weighted by molar-refractivity contribution is 0.278. The van der Waals surface area contributed by atoms with Crippen molar-refractivity contribution in [2.24, 2.45) is 0 Å². The molecule has 20 heavy (non-hydrogen) atoms. The Morgan fingerprint density at radius 3 is 2.65 bits per heavy atom. The van der Waals surface area contributed by atoms with E-state index in [-0.39, 0.29) is 12.4 Å². The Morgan fingerprint density at radius 2 is 2.05 bits per heavy atom. The van der Waals surface area contributed by atoms with Gasteiger partial charge in [-0.05, 0) is 12.1 Å². The first kappa shape index (κ1) is 14.7. The van der Waals surface area contributed by atoms with E-state index in [1.54, 1.807) is 23.3 Å². The maximum Gasteiger partial charge on any atom is 0.264 e. The lowest BCUT2D eigenvalue weighted by Crippen LogP contribution is -2.09. The van der Waals surface area contributed by atoms with E-state index in [4.69, 9.17) is 15.4 Å². The number of hydrogen-bond acceptors (Lipinski definition) is 4. The Kier molecular flexibility index (Phi) is 4.24. The molecule has 0 saturated carbocycles. The molecule has 2 aromatic rings. The van der Waals surface area contributed by atoms with Crippen LogP contribution < -0.4 is 4.74 Å². The monoisotopic (exact) mass is 322 g/mol. The highest BCUT2D eigenvalue weighted by atomic mass is 35.7. The molecule has 108 valence electrons. The van der Waals surface area contributed by atoms with Crippen LogP contribution in [0.4, 0.5) is 8.78 Å². The number of hydrogen-bond donors (Lipinski definition) is 0. The van der Waals surface area contributed by atoms with Gasteiger partial charge in [-0.25, -0.2) is 17.8 Å². The summed E-state index contributed by atoms with van der Waals surface area (Å²) in [6.07, 6.45) is 4.80. The van der Waals surface area contributed by atoms with Gasteiger partial charge in [-0.2, -0.15) is 4.39 Å². The summed E-state index contributed by atoms with van der Waals surface area (Å²) in [5.74, 6) is -3.33. The van der Waals surface area contributed by atoms with Crippen LogP contribution in [-0.2, 0) is 15.6 Å². The van der Waals surface area contributed by atoms with E-state index >= 15 is 0 Å². The maximum atomic E-state index is 13.6. The van der Waals surface area contributed by atoms with Gasteiger partial charge in [-0.1, -0.05) is 0 Å². The van der Waals surface area contributed by atoms with Crippen molar-refractivity contribution in [1.82, 2.24) is 9.55 Å². The molecule has 0 spiro atoms. The molecule has 0 radical (unpaired) electrons. The molecule has 0 amide bonds. The fourth-order valence-electron chi connectivity index (χ4n) is 1.49. The molecule has 2 rings (SSSR count). The molecule has 1 aromatic carbocycles. The van der Waals surface area contributed by atoms with Crippen LogP contribution in [-0.4, -0.2) is 24.6 Å². The summed E-state index contributed by atoms with van der Waals surface area (Å²) >= 11 is 0. The van der Waals surface area contributed by atoms with Crippen LogP contribution in [0.25, 0.3) is 0 Å². The average molecular weight is 323 g/mol. The predicted molar refractivity (Wildman–Crippen MR) is 67.1 cm³/mol. The van der Waals surface area contributed by atoms with Gasteiger partial charge in [0, 0.05) is 23.1 Å². The van der Waals surface area contributed by atoms with Gasteiger partial charge in [0.25, 0.3) is 9.05 Å². The highest BCUT2D eigenvalue weighted by molar-refractivity contribution is 8.13. The van der Waals surface area contributed by atoms with Crippen molar-refractivity contribution in [2.45, 2.75) is 11.4 Å². The minimum absolute atomic E-state index is 0.0691. The van der Waals surface area contributed by atoms with Crippen molar-refractivity contribution in [3.63, 3.8) is 0 Å². The molecule has 0 aliphatic rings. The van der Waals surface area contributed by atoms with Crippen LogP contribution in [0.5, 0.6) is 5.75 Å². The average Bonchev–Trinajstić information content (AvgIpc) is 2.86. The van der Waals surface area contributed by atoms with Crippen LogP contribution in [0.1, 0.15) is 0 Å². The van der Waals surface area contributed by atoms with Crippen LogP contribution >= 0.6 is 10.7 Å². The van der Waals surface area contributed by atoms with Gasteiger partial charge in [0.2, 0.25) is 5.82 Å². The Morgan fingerprint density at radius 1 is 1.30 bits per heavy atom. The number of aromatic nitrogens is 2. The first-order valence-corrected chi connectivity index (χ1v) is 7.71. The third-order valence-electron chi connectivity index (χ3n) is 2.44. The van der Waals surface area contributed by atoms with E-state index in [2.05, 4.69) is 4.98 Å². The lowest BCUT2D eigenvalue weighted by Gasteiger charge is -2.09. The Balaban J connectivity index is 2.12. The summed E-state index contributed by atoms with van der Waals surface area (Å²) in [6.45, 7) is 0.455. The van der Waals surface area contributed by atoms with Gasteiger partial charge in [-0.15, -0.1) is 0 Å². The standard InChI is InChI=1S/C11H9ClF2N2O3S/c12-20(17,18)9-2-1-8(10(13)11(9)14)19-6-5-16-4-3-15-7-16/h1-4,7H,5-6H2. The molecule has 0 atom stereocenters. The zero-order valence-electron chi connectivity index (χ0n) is 9.96. The molecule has 0 fully saturated rings. The summed E-state index contributed by atoms with van der Waals surface area (Å²) in [7, 11) is 0.635. The Bertz CT molecular complexity index is 705. The van der Waals surface area contributed by atoms with Crippen molar-refractivity contribution < 1.29 is 21.9 Å². The summed E-state index contributed by atoms with van der Waals surface area (Å²) in [5, 5.41) is 0. The van der Waals surface area contributed by atoms with Crippen LogP contribution in [0.2, 0.25) is 0 Å². The van der Waals surface area contributed by atoms with Crippen molar-refractivity contribution in [3.8, 4) is 5.75 Å². The Hall–Kier alpha value is -1.67. The second kappa shape index (κ2) is 5.76. The quantitative estimate of drug-likeness (QED) is 0.792. The fourth-order valence-corrected chi connectivity index (χ4v) is 2.39. The molecule has 0 aliphatic heterocycles. The van der Waals surface area contributed by atoms with E-state index in [1.165, 1.54) is 0 Å². The molecule has 0 aliphatic carbocycles. The summed E-state index contributed by atoms with van der Waals surface area (Å²) in [4.78, 5) is 2.89. The molecular weight excluding hydrogens is 314 g/mol. The molecule has 1 aromatic heterocycles. The fraction of sp³-hybridized carbons (Fsp3) is 0.182. The topological polar surface area (TPSA) is 61.2 Å². The Labute approximate surface area is 118 Å². The summed E-state index contributed by atoms with van der Waals surface area (Å²) in [5.41, 5.74) is 0. The molecule has 0 bridgehead atoms. The van der Waals surface area contributed by atoms with Crippen LogP contribution in [0, 0.1) is 11.6 Å². The third-order valence-corrected chi connectivity index (χ3v) is 3.78. The first-order chi connectivity index (χ1) is 9.39. The number of benzene rings is 1. The second-order valence-corrected chi connectivity index (χ2v) is 6.31.